The van der Waals surface area contributed by atoms with Gasteiger partial charge in [-0.1, -0.05) is 6.92 Å². The van der Waals surface area contributed by atoms with E-state index >= 15 is 0 Å². The van der Waals surface area contributed by atoms with E-state index in [2.05, 4.69) is 24.5 Å². The van der Waals surface area contributed by atoms with E-state index in [1.165, 1.54) is 0 Å². The molecule has 2 N–H and O–H groups in total. The lowest BCUT2D eigenvalue weighted by Crippen LogP contribution is -2.46. The Bertz CT molecular complexity index is 170. The fourth-order valence-corrected chi connectivity index (χ4v) is 1.78. The summed E-state index contributed by atoms with van der Waals surface area (Å²) in [4.78, 5) is 11.6. The molecule has 1 amide bonds. The molecule has 1 rings (SSSR count). The Morgan fingerprint density at radius 1 is 1.62 bits per heavy atom. The summed E-state index contributed by atoms with van der Waals surface area (Å²) in [6.07, 6.45) is 3.17. The monoisotopic (exact) mass is 184 g/mol. The Morgan fingerprint density at radius 3 is 3.00 bits per heavy atom. The average molecular weight is 184 g/mol. The first kappa shape index (κ1) is 10.5. The Kier molecular flexibility index (Phi) is 4.22. The molecule has 1 heterocycles. The van der Waals surface area contributed by atoms with Crippen molar-refractivity contribution < 1.29 is 4.79 Å². The lowest BCUT2D eigenvalue weighted by atomic mass is 9.91. The minimum absolute atomic E-state index is 0.181. The number of hydrogen-bond acceptors (Lipinski definition) is 2. The SMILES string of the molecule is CCCNC(=O)C1CCCNC1C. The summed E-state index contributed by atoms with van der Waals surface area (Å²) < 4.78 is 0. The molecule has 2 unspecified atom stereocenters. The van der Waals surface area contributed by atoms with Gasteiger partial charge in [-0.25, -0.2) is 0 Å². The summed E-state index contributed by atoms with van der Waals surface area (Å²) in [6, 6.07) is 0.339. The standard InChI is InChI=1S/C10H20N2O/c1-3-6-12-10(13)9-5-4-7-11-8(9)2/h8-9,11H,3-7H2,1-2H3,(H,12,13). The van der Waals surface area contributed by atoms with Gasteiger partial charge in [0.15, 0.2) is 0 Å². The predicted molar refractivity (Wildman–Crippen MR) is 53.5 cm³/mol. The molecule has 0 aromatic rings. The van der Waals surface area contributed by atoms with Crippen LogP contribution in [0.3, 0.4) is 0 Å². The van der Waals surface area contributed by atoms with Crippen LogP contribution in [0.2, 0.25) is 0 Å². The normalized spacial score (nSPS) is 28.5. The van der Waals surface area contributed by atoms with Gasteiger partial charge < -0.3 is 10.6 Å². The number of hydrogen-bond donors (Lipinski definition) is 2. The largest absolute Gasteiger partial charge is 0.356 e. The quantitative estimate of drug-likeness (QED) is 0.684. The lowest BCUT2D eigenvalue weighted by molar-refractivity contribution is -0.126. The highest BCUT2D eigenvalue weighted by molar-refractivity contribution is 5.79. The van der Waals surface area contributed by atoms with Gasteiger partial charge in [-0.05, 0) is 32.7 Å². The molecule has 1 aliphatic heterocycles. The topological polar surface area (TPSA) is 41.1 Å². The van der Waals surface area contributed by atoms with Gasteiger partial charge in [-0.2, -0.15) is 0 Å². The van der Waals surface area contributed by atoms with Crippen LogP contribution in [-0.2, 0) is 4.79 Å². The third-order valence-electron chi connectivity index (χ3n) is 2.65. The maximum absolute atomic E-state index is 11.6. The van der Waals surface area contributed by atoms with Crippen LogP contribution in [0.25, 0.3) is 0 Å². The molecule has 3 heteroatoms. The lowest BCUT2D eigenvalue weighted by Gasteiger charge is -2.28. The molecule has 1 fully saturated rings. The average Bonchev–Trinajstić information content (AvgIpc) is 2.15. The molecule has 0 spiro atoms. The predicted octanol–water partition coefficient (Wildman–Crippen LogP) is 0.901. The van der Waals surface area contributed by atoms with Crippen molar-refractivity contribution in [2.24, 2.45) is 5.92 Å². The number of amides is 1. The molecule has 0 bridgehead atoms. The Balaban J connectivity index is 2.35. The summed E-state index contributed by atoms with van der Waals surface area (Å²) in [5, 5.41) is 6.28. The molecule has 0 saturated carbocycles. The Morgan fingerprint density at radius 2 is 2.38 bits per heavy atom. The second kappa shape index (κ2) is 5.22. The van der Waals surface area contributed by atoms with Crippen LogP contribution < -0.4 is 10.6 Å². The Labute approximate surface area is 80.3 Å². The molecule has 76 valence electrons. The van der Waals surface area contributed by atoms with E-state index in [0.717, 1.165) is 32.4 Å². The van der Waals surface area contributed by atoms with Crippen LogP contribution >= 0.6 is 0 Å². The van der Waals surface area contributed by atoms with Gasteiger partial charge in [0.05, 0.1) is 5.92 Å². The molecule has 2 atom stereocenters. The molecule has 0 aromatic heterocycles. The van der Waals surface area contributed by atoms with Gasteiger partial charge in [0.2, 0.25) is 5.91 Å². The van der Waals surface area contributed by atoms with E-state index < -0.39 is 0 Å². The van der Waals surface area contributed by atoms with Crippen molar-refractivity contribution in [1.82, 2.24) is 10.6 Å². The first-order valence-corrected chi connectivity index (χ1v) is 5.26. The zero-order valence-electron chi connectivity index (χ0n) is 8.60. The number of carbonyl (C=O) groups excluding carboxylic acids is 1. The summed E-state index contributed by atoms with van der Waals surface area (Å²) in [6.45, 7) is 6.03. The number of rotatable bonds is 3. The maximum Gasteiger partial charge on any atom is 0.224 e. The van der Waals surface area contributed by atoms with Crippen LogP contribution in [-0.4, -0.2) is 25.0 Å². The van der Waals surface area contributed by atoms with Crippen molar-refractivity contribution in [3.8, 4) is 0 Å². The van der Waals surface area contributed by atoms with Crippen molar-refractivity contribution in [3.63, 3.8) is 0 Å². The van der Waals surface area contributed by atoms with Crippen molar-refractivity contribution >= 4 is 5.91 Å². The molecule has 0 aliphatic carbocycles. The van der Waals surface area contributed by atoms with Crippen molar-refractivity contribution in [2.75, 3.05) is 13.1 Å². The van der Waals surface area contributed by atoms with E-state index in [1.54, 1.807) is 0 Å². The molecule has 0 aromatic carbocycles. The van der Waals surface area contributed by atoms with Crippen LogP contribution in [0.4, 0.5) is 0 Å². The van der Waals surface area contributed by atoms with Gasteiger partial charge in [-0.3, -0.25) is 4.79 Å². The molecule has 0 radical (unpaired) electrons. The molecule has 1 aliphatic rings. The molecule has 13 heavy (non-hydrogen) atoms. The molecule has 3 nitrogen and oxygen atoms in total. The van der Waals surface area contributed by atoms with Crippen molar-refractivity contribution in [1.29, 1.82) is 0 Å². The van der Waals surface area contributed by atoms with Crippen molar-refractivity contribution in [2.45, 2.75) is 39.2 Å². The molecular weight excluding hydrogens is 164 g/mol. The van der Waals surface area contributed by atoms with E-state index in [9.17, 15) is 4.79 Å². The van der Waals surface area contributed by atoms with E-state index in [1.807, 2.05) is 0 Å². The minimum atomic E-state index is 0.181. The van der Waals surface area contributed by atoms with Gasteiger partial charge >= 0.3 is 0 Å². The number of nitrogens with one attached hydrogen (secondary N) is 2. The smallest absolute Gasteiger partial charge is 0.224 e. The first-order chi connectivity index (χ1) is 6.25. The van der Waals surface area contributed by atoms with Gasteiger partial charge in [0, 0.05) is 12.6 Å². The van der Waals surface area contributed by atoms with Crippen LogP contribution in [0.1, 0.15) is 33.1 Å². The van der Waals surface area contributed by atoms with Gasteiger partial charge in [0.1, 0.15) is 0 Å². The maximum atomic E-state index is 11.6. The first-order valence-electron chi connectivity index (χ1n) is 5.26. The third-order valence-corrected chi connectivity index (χ3v) is 2.65. The highest BCUT2D eigenvalue weighted by Crippen LogP contribution is 2.15. The summed E-state index contributed by atoms with van der Waals surface area (Å²) in [5.74, 6) is 0.404. The van der Waals surface area contributed by atoms with E-state index in [4.69, 9.17) is 0 Å². The Hall–Kier alpha value is -0.570. The third kappa shape index (κ3) is 2.99. The second-order valence-electron chi connectivity index (χ2n) is 3.78. The number of piperidine rings is 1. The van der Waals surface area contributed by atoms with E-state index in [0.29, 0.717) is 6.04 Å². The highest BCUT2D eigenvalue weighted by atomic mass is 16.1. The summed E-state index contributed by atoms with van der Waals surface area (Å²) in [5.41, 5.74) is 0. The second-order valence-corrected chi connectivity index (χ2v) is 3.78. The summed E-state index contributed by atoms with van der Waals surface area (Å²) in [7, 11) is 0. The fourth-order valence-electron chi connectivity index (χ4n) is 1.78. The van der Waals surface area contributed by atoms with Crippen molar-refractivity contribution in [3.05, 3.63) is 0 Å². The minimum Gasteiger partial charge on any atom is -0.356 e. The zero-order chi connectivity index (χ0) is 9.68. The zero-order valence-corrected chi connectivity index (χ0v) is 8.60. The van der Waals surface area contributed by atoms with Gasteiger partial charge in [0.25, 0.3) is 0 Å². The van der Waals surface area contributed by atoms with Crippen LogP contribution in [0.5, 0.6) is 0 Å². The van der Waals surface area contributed by atoms with Gasteiger partial charge in [-0.15, -0.1) is 0 Å². The molecular formula is C10H20N2O. The molecule has 1 saturated heterocycles. The van der Waals surface area contributed by atoms with Crippen LogP contribution in [0.15, 0.2) is 0 Å². The van der Waals surface area contributed by atoms with Crippen LogP contribution in [0, 0.1) is 5.92 Å². The summed E-state index contributed by atoms with van der Waals surface area (Å²) >= 11 is 0. The number of carbonyl (C=O) groups is 1. The highest BCUT2D eigenvalue weighted by Gasteiger charge is 2.26. The fraction of sp³-hybridized carbons (Fsp3) is 0.900. The van der Waals surface area contributed by atoms with E-state index in [-0.39, 0.29) is 11.8 Å².